The van der Waals surface area contributed by atoms with Gasteiger partial charge >= 0.3 is 0 Å². The Bertz CT molecular complexity index is 860. The lowest BCUT2D eigenvalue weighted by molar-refractivity contribution is 0.328. The predicted molar refractivity (Wildman–Crippen MR) is 98.3 cm³/mol. The van der Waals surface area contributed by atoms with Gasteiger partial charge in [-0.15, -0.1) is 0 Å². The fraction of sp³-hybridized carbons (Fsp3) is 0.105. The van der Waals surface area contributed by atoms with Gasteiger partial charge in [0.25, 0.3) is 5.88 Å². The van der Waals surface area contributed by atoms with E-state index in [1.165, 1.54) is 0 Å². The van der Waals surface area contributed by atoms with Gasteiger partial charge in [0.1, 0.15) is 0 Å². The van der Waals surface area contributed by atoms with Gasteiger partial charge in [-0.05, 0) is 30.7 Å². The van der Waals surface area contributed by atoms with Crippen molar-refractivity contribution < 1.29 is 4.74 Å². The van der Waals surface area contributed by atoms with Gasteiger partial charge in [0.15, 0.2) is 0 Å². The molecule has 0 spiro atoms. The molecule has 0 fully saturated rings. The molecule has 0 amide bonds. The highest BCUT2D eigenvalue weighted by atomic mass is 16.5. The first-order valence-corrected chi connectivity index (χ1v) is 7.77. The number of hydrazone groups is 1. The summed E-state index contributed by atoms with van der Waals surface area (Å²) in [6, 6.07) is 17.7. The van der Waals surface area contributed by atoms with Crippen molar-refractivity contribution in [1.82, 2.24) is 9.97 Å². The molecular formula is C19H18N4O. The molecule has 3 aromatic rings. The van der Waals surface area contributed by atoms with E-state index in [1.807, 2.05) is 73.7 Å². The van der Waals surface area contributed by atoms with Gasteiger partial charge in [-0.2, -0.15) is 5.10 Å². The summed E-state index contributed by atoms with van der Waals surface area (Å²) in [7, 11) is 0. The van der Waals surface area contributed by atoms with Crippen LogP contribution in [0.2, 0.25) is 0 Å². The number of para-hydroxylation sites is 2. The molecule has 5 heteroatoms. The van der Waals surface area contributed by atoms with Crippen molar-refractivity contribution in [2.75, 3.05) is 12.0 Å². The number of ether oxygens (including phenoxy) is 1. The number of allylic oxidation sites excluding steroid dienone is 1. The van der Waals surface area contributed by atoms with Crippen LogP contribution in [0.3, 0.4) is 0 Å². The lowest BCUT2D eigenvalue weighted by atomic mass is 10.2. The number of hydrogen-bond acceptors (Lipinski definition) is 5. The van der Waals surface area contributed by atoms with Crippen molar-refractivity contribution in [2.24, 2.45) is 5.10 Å². The molecule has 0 radical (unpaired) electrons. The molecule has 0 bridgehead atoms. The summed E-state index contributed by atoms with van der Waals surface area (Å²) in [4.78, 5) is 8.99. The maximum absolute atomic E-state index is 5.54. The molecule has 5 nitrogen and oxygen atoms in total. The van der Waals surface area contributed by atoms with E-state index in [-0.39, 0.29) is 0 Å². The molecule has 1 N–H and O–H groups in total. The maximum Gasteiger partial charge on any atom is 0.259 e. The summed E-state index contributed by atoms with van der Waals surface area (Å²) >= 11 is 0. The first-order chi connectivity index (χ1) is 11.9. The lowest BCUT2D eigenvalue weighted by Crippen LogP contribution is -2.02. The summed E-state index contributed by atoms with van der Waals surface area (Å²) in [6.07, 6.45) is 5.50. The van der Waals surface area contributed by atoms with Gasteiger partial charge in [0, 0.05) is 6.21 Å². The Kier molecular flexibility index (Phi) is 5.14. The number of aromatic nitrogens is 2. The standard InChI is InChI=1S/C19H18N4O/c1-2-24-19-18(21-16-12-6-7-13-17(16)22-19)23-20-14-8-11-15-9-4-3-5-10-15/h3-14H,2H2,1H3,(H,21,23)/b11-8+,20-14+. The molecule has 1 heterocycles. The van der Waals surface area contributed by atoms with Crippen LogP contribution < -0.4 is 10.2 Å². The van der Waals surface area contributed by atoms with Crippen molar-refractivity contribution in [3.63, 3.8) is 0 Å². The third-order valence-corrected chi connectivity index (χ3v) is 3.24. The molecule has 0 saturated carbocycles. The Morgan fingerprint density at radius 1 is 1.00 bits per heavy atom. The average molecular weight is 318 g/mol. The zero-order chi connectivity index (χ0) is 16.6. The number of nitrogens with zero attached hydrogens (tertiary/aromatic N) is 3. The second-order valence-electron chi connectivity index (χ2n) is 4.96. The molecule has 0 atom stereocenters. The Morgan fingerprint density at radius 2 is 1.71 bits per heavy atom. The van der Waals surface area contributed by atoms with Crippen LogP contribution in [-0.4, -0.2) is 22.8 Å². The lowest BCUT2D eigenvalue weighted by Gasteiger charge is -2.08. The van der Waals surface area contributed by atoms with Crippen molar-refractivity contribution in [3.05, 3.63) is 66.2 Å². The largest absolute Gasteiger partial charge is 0.475 e. The third kappa shape index (κ3) is 3.95. The first kappa shape index (κ1) is 15.7. The Balaban J connectivity index is 1.75. The maximum atomic E-state index is 5.54. The average Bonchev–Trinajstić information content (AvgIpc) is 2.63. The zero-order valence-electron chi connectivity index (χ0n) is 13.4. The van der Waals surface area contributed by atoms with E-state index in [0.717, 1.165) is 16.6 Å². The van der Waals surface area contributed by atoms with Crippen molar-refractivity contribution >= 4 is 29.1 Å². The van der Waals surface area contributed by atoms with Crippen LogP contribution in [0.25, 0.3) is 17.1 Å². The molecular weight excluding hydrogens is 300 g/mol. The van der Waals surface area contributed by atoms with Crippen molar-refractivity contribution in [2.45, 2.75) is 6.92 Å². The summed E-state index contributed by atoms with van der Waals surface area (Å²) in [5, 5.41) is 4.16. The second-order valence-corrected chi connectivity index (χ2v) is 4.96. The molecule has 0 aliphatic heterocycles. The van der Waals surface area contributed by atoms with Crippen LogP contribution in [0.4, 0.5) is 5.82 Å². The molecule has 0 saturated heterocycles. The summed E-state index contributed by atoms with van der Waals surface area (Å²) in [6.45, 7) is 2.42. The fourth-order valence-electron chi connectivity index (χ4n) is 2.15. The molecule has 0 unspecified atom stereocenters. The van der Waals surface area contributed by atoms with Gasteiger partial charge < -0.3 is 4.74 Å². The van der Waals surface area contributed by atoms with Crippen LogP contribution in [0.5, 0.6) is 5.88 Å². The smallest absolute Gasteiger partial charge is 0.259 e. The van der Waals surface area contributed by atoms with E-state index >= 15 is 0 Å². The van der Waals surface area contributed by atoms with E-state index in [1.54, 1.807) is 6.21 Å². The highest BCUT2D eigenvalue weighted by Crippen LogP contribution is 2.23. The van der Waals surface area contributed by atoms with Crippen molar-refractivity contribution in [3.8, 4) is 5.88 Å². The van der Waals surface area contributed by atoms with E-state index in [4.69, 9.17) is 4.74 Å². The van der Waals surface area contributed by atoms with Gasteiger partial charge in [-0.25, -0.2) is 9.97 Å². The summed E-state index contributed by atoms with van der Waals surface area (Å²) in [5.41, 5.74) is 5.59. The van der Waals surface area contributed by atoms with Crippen LogP contribution in [0, 0.1) is 0 Å². The van der Waals surface area contributed by atoms with Gasteiger partial charge in [-0.3, -0.25) is 5.43 Å². The van der Waals surface area contributed by atoms with Crippen molar-refractivity contribution in [1.29, 1.82) is 0 Å². The van der Waals surface area contributed by atoms with Gasteiger partial charge in [0.05, 0.1) is 17.6 Å². The van der Waals surface area contributed by atoms with E-state index in [9.17, 15) is 0 Å². The molecule has 3 rings (SSSR count). The molecule has 0 aliphatic carbocycles. The summed E-state index contributed by atoms with van der Waals surface area (Å²) < 4.78 is 5.54. The quantitative estimate of drug-likeness (QED) is 0.548. The summed E-state index contributed by atoms with van der Waals surface area (Å²) in [5.74, 6) is 0.945. The molecule has 24 heavy (non-hydrogen) atoms. The Labute approximate surface area is 140 Å². The fourth-order valence-corrected chi connectivity index (χ4v) is 2.15. The number of fused-ring (bicyclic) bond motifs is 1. The van der Waals surface area contributed by atoms with Crippen LogP contribution >= 0.6 is 0 Å². The number of nitrogens with one attached hydrogen (secondary N) is 1. The highest BCUT2D eigenvalue weighted by Gasteiger charge is 2.08. The topological polar surface area (TPSA) is 59.4 Å². The second kappa shape index (κ2) is 7.87. The zero-order valence-corrected chi connectivity index (χ0v) is 13.4. The molecule has 1 aromatic heterocycles. The van der Waals surface area contributed by atoms with E-state index in [0.29, 0.717) is 18.3 Å². The Hall–Kier alpha value is -3.21. The predicted octanol–water partition coefficient (Wildman–Crippen LogP) is 4.14. The number of benzene rings is 2. The first-order valence-electron chi connectivity index (χ1n) is 7.77. The number of rotatable bonds is 6. The molecule has 2 aromatic carbocycles. The number of anilines is 1. The third-order valence-electron chi connectivity index (χ3n) is 3.24. The highest BCUT2D eigenvalue weighted by molar-refractivity contribution is 5.80. The SMILES string of the molecule is CCOc1nc2ccccc2nc1N/N=C/C=C/c1ccccc1. The van der Waals surface area contributed by atoms with Crippen LogP contribution in [0.1, 0.15) is 12.5 Å². The van der Waals surface area contributed by atoms with E-state index in [2.05, 4.69) is 20.5 Å². The van der Waals surface area contributed by atoms with Gasteiger partial charge in [-0.1, -0.05) is 48.5 Å². The molecule has 0 aliphatic rings. The molecule has 120 valence electrons. The minimum atomic E-state index is 0.445. The Morgan fingerprint density at radius 3 is 2.46 bits per heavy atom. The van der Waals surface area contributed by atoms with Gasteiger partial charge in [0.2, 0.25) is 5.82 Å². The minimum absolute atomic E-state index is 0.445. The number of hydrogen-bond donors (Lipinski definition) is 1. The minimum Gasteiger partial charge on any atom is -0.475 e. The van der Waals surface area contributed by atoms with Crippen LogP contribution in [-0.2, 0) is 0 Å². The normalized spacial score (nSPS) is 11.4. The monoisotopic (exact) mass is 318 g/mol. The van der Waals surface area contributed by atoms with E-state index < -0.39 is 0 Å². The van der Waals surface area contributed by atoms with Crippen LogP contribution in [0.15, 0.2) is 65.8 Å².